The Morgan fingerprint density at radius 2 is 1.40 bits per heavy atom. The second-order valence-corrected chi connectivity index (χ2v) is 5.28. The van der Waals surface area contributed by atoms with Gasteiger partial charge in [0.2, 0.25) is 0 Å². The minimum Gasteiger partial charge on any atom is -0.268 e. The third-order valence-corrected chi connectivity index (χ3v) is 3.48. The largest absolute Gasteiger partial charge is 0.268 e. The Morgan fingerprint density at radius 1 is 0.800 bits per heavy atom. The monoisotopic (exact) mass is 262 g/mol. The molecule has 0 amide bonds. The van der Waals surface area contributed by atoms with E-state index in [1.807, 2.05) is 10.9 Å². The van der Waals surface area contributed by atoms with Gasteiger partial charge in [-0.1, -0.05) is 59.7 Å². The van der Waals surface area contributed by atoms with Crippen molar-refractivity contribution in [3.05, 3.63) is 77.6 Å². The van der Waals surface area contributed by atoms with Gasteiger partial charge in [0.15, 0.2) is 0 Å². The Bertz CT molecular complexity index is 691. The van der Waals surface area contributed by atoms with Crippen molar-refractivity contribution in [2.45, 2.75) is 20.4 Å². The molecule has 0 saturated carbocycles. The van der Waals surface area contributed by atoms with Crippen LogP contribution < -0.4 is 0 Å². The fourth-order valence-corrected chi connectivity index (χ4v) is 2.23. The maximum Gasteiger partial charge on any atom is 0.0659 e. The Hall–Kier alpha value is -2.35. The van der Waals surface area contributed by atoms with Crippen LogP contribution in [0.3, 0.4) is 0 Å². The van der Waals surface area contributed by atoms with Crippen LogP contribution in [0.25, 0.3) is 11.1 Å². The molecule has 0 spiro atoms. The lowest BCUT2D eigenvalue weighted by atomic mass is 10.1. The maximum atomic E-state index is 4.45. The van der Waals surface area contributed by atoms with Crippen molar-refractivity contribution in [1.82, 2.24) is 9.78 Å². The van der Waals surface area contributed by atoms with Gasteiger partial charge in [0.05, 0.1) is 12.7 Å². The zero-order valence-corrected chi connectivity index (χ0v) is 11.9. The van der Waals surface area contributed by atoms with E-state index in [2.05, 4.69) is 73.7 Å². The van der Waals surface area contributed by atoms with E-state index < -0.39 is 0 Å². The fraction of sp³-hybridized carbons (Fsp3) is 0.167. The Balaban J connectivity index is 1.80. The van der Waals surface area contributed by atoms with Crippen molar-refractivity contribution >= 4 is 0 Å². The lowest BCUT2D eigenvalue weighted by Gasteiger charge is -2.02. The van der Waals surface area contributed by atoms with Crippen molar-refractivity contribution in [1.29, 1.82) is 0 Å². The normalized spacial score (nSPS) is 10.7. The Morgan fingerprint density at radius 3 is 2.05 bits per heavy atom. The van der Waals surface area contributed by atoms with Gasteiger partial charge in [0, 0.05) is 11.8 Å². The molecular formula is C18H18N2. The molecule has 3 rings (SSSR count). The second kappa shape index (κ2) is 5.33. The third kappa shape index (κ3) is 2.80. The third-order valence-electron chi connectivity index (χ3n) is 3.48. The number of aryl methyl sites for hydroxylation is 2. The number of hydrogen-bond donors (Lipinski definition) is 0. The molecule has 0 N–H and O–H groups in total. The molecule has 20 heavy (non-hydrogen) atoms. The summed E-state index contributed by atoms with van der Waals surface area (Å²) < 4.78 is 1.99. The number of benzene rings is 2. The van der Waals surface area contributed by atoms with Gasteiger partial charge in [-0.3, -0.25) is 4.68 Å². The number of rotatable bonds is 3. The van der Waals surface area contributed by atoms with Crippen LogP contribution >= 0.6 is 0 Å². The first-order valence-electron chi connectivity index (χ1n) is 6.86. The molecule has 2 heteroatoms. The topological polar surface area (TPSA) is 17.8 Å². The van der Waals surface area contributed by atoms with Gasteiger partial charge >= 0.3 is 0 Å². The van der Waals surface area contributed by atoms with Crippen LogP contribution in [0.2, 0.25) is 0 Å². The summed E-state index contributed by atoms with van der Waals surface area (Å²) >= 11 is 0. The molecule has 3 aromatic rings. The first kappa shape index (κ1) is 12.7. The first-order valence-corrected chi connectivity index (χ1v) is 6.86. The van der Waals surface area contributed by atoms with Crippen LogP contribution in [0.15, 0.2) is 60.9 Å². The van der Waals surface area contributed by atoms with Gasteiger partial charge in [-0.25, -0.2) is 0 Å². The van der Waals surface area contributed by atoms with Gasteiger partial charge in [-0.05, 0) is 25.0 Å². The molecule has 2 aromatic carbocycles. The standard InChI is InChI=1S/C18H18N2/c1-14-3-7-16(8-4-14)12-20-13-18(11-19-20)17-9-5-15(2)6-10-17/h3-11,13H,12H2,1-2H3. The Kier molecular flexibility index (Phi) is 3.38. The lowest BCUT2D eigenvalue weighted by Crippen LogP contribution is -1.99. The molecule has 2 nitrogen and oxygen atoms in total. The van der Waals surface area contributed by atoms with Crippen molar-refractivity contribution in [2.75, 3.05) is 0 Å². The second-order valence-electron chi connectivity index (χ2n) is 5.28. The predicted molar refractivity (Wildman–Crippen MR) is 82.7 cm³/mol. The summed E-state index contributed by atoms with van der Waals surface area (Å²) in [4.78, 5) is 0. The molecule has 0 bridgehead atoms. The highest BCUT2D eigenvalue weighted by Crippen LogP contribution is 2.19. The van der Waals surface area contributed by atoms with Gasteiger partial charge in [-0.15, -0.1) is 0 Å². The van der Waals surface area contributed by atoms with E-state index in [1.165, 1.54) is 22.3 Å². The van der Waals surface area contributed by atoms with E-state index in [-0.39, 0.29) is 0 Å². The minimum atomic E-state index is 0.812. The molecule has 0 fully saturated rings. The minimum absolute atomic E-state index is 0.812. The maximum absolute atomic E-state index is 4.45. The predicted octanol–water partition coefficient (Wildman–Crippen LogP) is 4.22. The number of nitrogens with zero attached hydrogens (tertiary/aromatic N) is 2. The average molecular weight is 262 g/mol. The summed E-state index contributed by atoms with van der Waals surface area (Å²) in [7, 11) is 0. The summed E-state index contributed by atoms with van der Waals surface area (Å²) in [5.41, 5.74) is 6.22. The highest BCUT2D eigenvalue weighted by molar-refractivity contribution is 5.61. The van der Waals surface area contributed by atoms with E-state index >= 15 is 0 Å². The van der Waals surface area contributed by atoms with Gasteiger partial charge in [0.25, 0.3) is 0 Å². The molecule has 1 heterocycles. The van der Waals surface area contributed by atoms with E-state index in [1.54, 1.807) is 0 Å². The molecule has 0 aliphatic rings. The molecule has 0 aliphatic heterocycles. The lowest BCUT2D eigenvalue weighted by molar-refractivity contribution is 0.687. The zero-order valence-electron chi connectivity index (χ0n) is 11.9. The number of aromatic nitrogens is 2. The van der Waals surface area contributed by atoms with E-state index in [0.29, 0.717) is 0 Å². The van der Waals surface area contributed by atoms with Crippen LogP contribution in [0.5, 0.6) is 0 Å². The van der Waals surface area contributed by atoms with Crippen molar-refractivity contribution in [3.63, 3.8) is 0 Å². The van der Waals surface area contributed by atoms with Crippen LogP contribution in [-0.4, -0.2) is 9.78 Å². The van der Waals surface area contributed by atoms with Crippen LogP contribution in [0.4, 0.5) is 0 Å². The summed E-state index contributed by atoms with van der Waals surface area (Å²) in [6, 6.07) is 17.1. The Labute approximate surface area is 119 Å². The van der Waals surface area contributed by atoms with E-state index in [0.717, 1.165) is 12.1 Å². The molecule has 1 aromatic heterocycles. The van der Waals surface area contributed by atoms with E-state index in [4.69, 9.17) is 0 Å². The van der Waals surface area contributed by atoms with Gasteiger partial charge in [0.1, 0.15) is 0 Å². The summed E-state index contributed by atoms with van der Waals surface area (Å²) in [5.74, 6) is 0. The highest BCUT2D eigenvalue weighted by atomic mass is 15.3. The average Bonchev–Trinajstić information content (AvgIpc) is 2.91. The van der Waals surface area contributed by atoms with E-state index in [9.17, 15) is 0 Å². The molecule has 0 unspecified atom stereocenters. The molecule has 0 atom stereocenters. The van der Waals surface area contributed by atoms with Crippen LogP contribution in [0, 0.1) is 13.8 Å². The summed E-state index contributed by atoms with van der Waals surface area (Å²) in [5, 5.41) is 4.45. The molecular weight excluding hydrogens is 244 g/mol. The summed E-state index contributed by atoms with van der Waals surface area (Å²) in [6.07, 6.45) is 4.03. The van der Waals surface area contributed by atoms with Crippen molar-refractivity contribution < 1.29 is 0 Å². The number of hydrogen-bond acceptors (Lipinski definition) is 1. The molecule has 0 aliphatic carbocycles. The first-order chi connectivity index (χ1) is 9.70. The molecule has 0 radical (unpaired) electrons. The van der Waals surface area contributed by atoms with Crippen molar-refractivity contribution in [3.8, 4) is 11.1 Å². The van der Waals surface area contributed by atoms with Crippen LogP contribution in [-0.2, 0) is 6.54 Å². The zero-order chi connectivity index (χ0) is 13.9. The quantitative estimate of drug-likeness (QED) is 0.691. The molecule has 100 valence electrons. The van der Waals surface area contributed by atoms with Crippen LogP contribution in [0.1, 0.15) is 16.7 Å². The summed E-state index contributed by atoms with van der Waals surface area (Å²) in [6.45, 7) is 5.02. The smallest absolute Gasteiger partial charge is 0.0659 e. The van der Waals surface area contributed by atoms with Gasteiger partial charge < -0.3 is 0 Å². The van der Waals surface area contributed by atoms with Crippen molar-refractivity contribution in [2.24, 2.45) is 0 Å². The van der Waals surface area contributed by atoms with Gasteiger partial charge in [-0.2, -0.15) is 5.10 Å². The highest BCUT2D eigenvalue weighted by Gasteiger charge is 2.02. The molecule has 0 saturated heterocycles. The SMILES string of the molecule is Cc1ccc(Cn2cc(-c3ccc(C)cc3)cn2)cc1. The fourth-order valence-electron chi connectivity index (χ4n) is 2.23.